The van der Waals surface area contributed by atoms with Crippen LogP contribution in [0.2, 0.25) is 0 Å². The zero-order chi connectivity index (χ0) is 21.6. The second-order valence-electron chi connectivity index (χ2n) is 6.90. The molecule has 0 fully saturated rings. The van der Waals surface area contributed by atoms with Crippen LogP contribution in [0.1, 0.15) is 39.2 Å². The lowest BCUT2D eigenvalue weighted by molar-refractivity contribution is -0.147. The molecule has 2 rings (SSSR count). The van der Waals surface area contributed by atoms with Gasteiger partial charge in [0, 0.05) is 11.5 Å². The van der Waals surface area contributed by atoms with Crippen molar-refractivity contribution in [3.05, 3.63) is 65.0 Å². The number of hydrogen-bond donors (Lipinski definition) is 1. The molecule has 156 valence electrons. The molecule has 1 aliphatic carbocycles. The van der Waals surface area contributed by atoms with Crippen molar-refractivity contribution in [3.8, 4) is 5.75 Å². The summed E-state index contributed by atoms with van der Waals surface area (Å²) in [5.74, 6) is -2.47. The number of aliphatic hydroxyl groups is 1. The average molecular weight is 400 g/mol. The number of esters is 2. The number of rotatable bonds is 8. The smallest absolute Gasteiger partial charge is 0.338 e. The molecule has 0 aromatic heterocycles. The third-order valence-corrected chi connectivity index (χ3v) is 4.54. The predicted molar refractivity (Wildman–Crippen MR) is 110 cm³/mol. The highest BCUT2D eigenvalue weighted by Crippen LogP contribution is 2.45. The molecule has 1 aliphatic rings. The molecule has 1 N–H and O–H groups in total. The number of benzene rings is 1. The summed E-state index contributed by atoms with van der Waals surface area (Å²) >= 11 is 0. The van der Waals surface area contributed by atoms with Crippen LogP contribution in [0.3, 0.4) is 0 Å². The standard InChI is InChI=1S/C23H28O6/c1-6-27-22(25)19-15(5)12-17(24)21(23(26)28-7-2)20(19)16-10-8-9-11-18(16)29-13-14(3)4/h8-12,19-20,24H,3,6-7,13H2,1-2,4-5H3. The molecule has 0 saturated heterocycles. The van der Waals surface area contributed by atoms with Crippen molar-refractivity contribution in [2.75, 3.05) is 19.8 Å². The summed E-state index contributed by atoms with van der Waals surface area (Å²) in [5.41, 5.74) is 2.02. The van der Waals surface area contributed by atoms with Gasteiger partial charge in [-0.15, -0.1) is 0 Å². The van der Waals surface area contributed by atoms with Crippen molar-refractivity contribution in [3.63, 3.8) is 0 Å². The van der Waals surface area contributed by atoms with Crippen molar-refractivity contribution >= 4 is 11.9 Å². The summed E-state index contributed by atoms with van der Waals surface area (Å²) < 4.78 is 16.3. The monoisotopic (exact) mass is 400 g/mol. The van der Waals surface area contributed by atoms with E-state index < -0.39 is 23.8 Å². The Hall–Kier alpha value is -3.02. The minimum Gasteiger partial charge on any atom is -0.507 e. The Bertz CT molecular complexity index is 849. The minimum atomic E-state index is -0.806. The molecular weight excluding hydrogens is 372 g/mol. The van der Waals surface area contributed by atoms with E-state index in [2.05, 4.69) is 6.58 Å². The third kappa shape index (κ3) is 5.08. The number of allylic oxidation sites excluding steroid dienone is 1. The van der Waals surface area contributed by atoms with Crippen LogP contribution in [0.4, 0.5) is 0 Å². The Kier molecular flexibility index (Phi) is 7.65. The van der Waals surface area contributed by atoms with Gasteiger partial charge in [-0.2, -0.15) is 0 Å². The zero-order valence-electron chi connectivity index (χ0n) is 17.4. The van der Waals surface area contributed by atoms with Crippen LogP contribution >= 0.6 is 0 Å². The second kappa shape index (κ2) is 9.96. The van der Waals surface area contributed by atoms with Crippen LogP contribution in [-0.2, 0) is 19.1 Å². The van der Waals surface area contributed by atoms with Crippen LogP contribution in [0.25, 0.3) is 0 Å². The molecule has 0 aliphatic heterocycles. The van der Waals surface area contributed by atoms with Gasteiger partial charge in [0.1, 0.15) is 18.1 Å². The predicted octanol–water partition coefficient (Wildman–Crippen LogP) is 4.24. The van der Waals surface area contributed by atoms with Gasteiger partial charge in [0.25, 0.3) is 0 Å². The van der Waals surface area contributed by atoms with E-state index in [1.54, 1.807) is 45.0 Å². The highest BCUT2D eigenvalue weighted by molar-refractivity contribution is 5.94. The van der Waals surface area contributed by atoms with Gasteiger partial charge in [0.15, 0.2) is 0 Å². The Morgan fingerprint density at radius 1 is 1.14 bits per heavy atom. The lowest BCUT2D eigenvalue weighted by atomic mass is 9.73. The van der Waals surface area contributed by atoms with Crippen LogP contribution < -0.4 is 4.74 Å². The maximum absolute atomic E-state index is 12.8. The molecular formula is C23H28O6. The van der Waals surface area contributed by atoms with E-state index in [1.807, 2.05) is 6.92 Å². The van der Waals surface area contributed by atoms with E-state index in [0.29, 0.717) is 16.9 Å². The first-order valence-corrected chi connectivity index (χ1v) is 9.62. The number of para-hydroxylation sites is 1. The molecule has 2 atom stereocenters. The molecule has 0 spiro atoms. The summed E-state index contributed by atoms with van der Waals surface area (Å²) in [6, 6.07) is 7.12. The Morgan fingerprint density at radius 2 is 1.79 bits per heavy atom. The van der Waals surface area contributed by atoms with E-state index in [9.17, 15) is 14.7 Å². The van der Waals surface area contributed by atoms with Crippen LogP contribution in [0.15, 0.2) is 59.4 Å². The minimum absolute atomic E-state index is 0.0156. The first-order valence-electron chi connectivity index (χ1n) is 9.62. The largest absolute Gasteiger partial charge is 0.507 e. The van der Waals surface area contributed by atoms with Crippen molar-refractivity contribution in [1.29, 1.82) is 0 Å². The molecule has 29 heavy (non-hydrogen) atoms. The Balaban J connectivity index is 2.65. The van der Waals surface area contributed by atoms with Gasteiger partial charge >= 0.3 is 11.9 Å². The first-order chi connectivity index (χ1) is 13.8. The van der Waals surface area contributed by atoms with Crippen molar-refractivity contribution in [1.82, 2.24) is 0 Å². The summed E-state index contributed by atoms with van der Waals surface area (Å²) in [5, 5.41) is 10.6. The van der Waals surface area contributed by atoms with Gasteiger partial charge in [0.2, 0.25) is 0 Å². The second-order valence-corrected chi connectivity index (χ2v) is 6.90. The molecule has 1 aromatic carbocycles. The summed E-state index contributed by atoms with van der Waals surface area (Å²) in [6.07, 6.45) is 1.42. The lowest BCUT2D eigenvalue weighted by Crippen LogP contribution is -2.33. The van der Waals surface area contributed by atoms with Crippen LogP contribution in [0.5, 0.6) is 5.75 Å². The normalized spacial score (nSPS) is 18.7. The number of hydrogen-bond acceptors (Lipinski definition) is 6. The Labute approximate surface area is 171 Å². The van der Waals surface area contributed by atoms with Gasteiger partial charge in [-0.25, -0.2) is 4.79 Å². The van der Waals surface area contributed by atoms with E-state index in [4.69, 9.17) is 14.2 Å². The quantitative estimate of drug-likeness (QED) is 0.519. The third-order valence-electron chi connectivity index (χ3n) is 4.54. The lowest BCUT2D eigenvalue weighted by Gasteiger charge is -2.32. The van der Waals surface area contributed by atoms with E-state index in [1.165, 1.54) is 6.08 Å². The van der Waals surface area contributed by atoms with Gasteiger partial charge in [0.05, 0.1) is 24.7 Å². The van der Waals surface area contributed by atoms with E-state index in [0.717, 1.165) is 5.57 Å². The van der Waals surface area contributed by atoms with Crippen molar-refractivity contribution in [2.24, 2.45) is 5.92 Å². The molecule has 1 aromatic rings. The highest BCUT2D eigenvalue weighted by Gasteiger charge is 2.43. The summed E-state index contributed by atoms with van der Waals surface area (Å²) in [4.78, 5) is 25.6. The number of carbonyl (C=O) groups excluding carboxylic acids is 2. The molecule has 0 radical (unpaired) electrons. The van der Waals surface area contributed by atoms with Crippen molar-refractivity contribution < 1.29 is 28.9 Å². The zero-order valence-corrected chi connectivity index (χ0v) is 17.4. The van der Waals surface area contributed by atoms with Crippen LogP contribution in [-0.4, -0.2) is 36.9 Å². The van der Waals surface area contributed by atoms with Gasteiger partial charge in [-0.1, -0.05) is 30.4 Å². The average Bonchev–Trinajstić information content (AvgIpc) is 2.66. The molecule has 0 bridgehead atoms. The SMILES string of the molecule is C=C(C)COc1ccccc1C1C(C(=O)OCC)=C(O)C=C(C)C1C(=O)OCC. The van der Waals surface area contributed by atoms with Crippen molar-refractivity contribution in [2.45, 2.75) is 33.6 Å². The number of carbonyl (C=O) groups is 2. The molecule has 6 nitrogen and oxygen atoms in total. The van der Waals surface area contributed by atoms with E-state index in [-0.39, 0.29) is 31.2 Å². The van der Waals surface area contributed by atoms with Gasteiger partial charge < -0.3 is 19.3 Å². The molecule has 2 unspecified atom stereocenters. The fraction of sp³-hybridized carbons (Fsp3) is 0.391. The van der Waals surface area contributed by atoms with E-state index >= 15 is 0 Å². The van der Waals surface area contributed by atoms with Crippen LogP contribution in [0, 0.1) is 5.92 Å². The molecule has 0 saturated carbocycles. The molecule has 6 heteroatoms. The molecule has 0 amide bonds. The number of aliphatic hydroxyl groups excluding tert-OH is 1. The maximum Gasteiger partial charge on any atom is 0.338 e. The van der Waals surface area contributed by atoms with Gasteiger partial charge in [-0.05, 0) is 45.4 Å². The van der Waals surface area contributed by atoms with Gasteiger partial charge in [-0.3, -0.25) is 4.79 Å². The summed E-state index contributed by atoms with van der Waals surface area (Å²) in [6.45, 7) is 11.4. The number of ether oxygens (including phenoxy) is 3. The highest BCUT2D eigenvalue weighted by atomic mass is 16.5. The fourth-order valence-electron chi connectivity index (χ4n) is 3.37. The molecule has 0 heterocycles. The summed E-state index contributed by atoms with van der Waals surface area (Å²) in [7, 11) is 0. The maximum atomic E-state index is 12.8. The Morgan fingerprint density at radius 3 is 2.41 bits per heavy atom. The fourth-order valence-corrected chi connectivity index (χ4v) is 3.37. The topological polar surface area (TPSA) is 82.1 Å². The first kappa shape index (κ1) is 22.3.